The SMILES string of the molecule is C[C@H]1Cc2ccccc2N1C(=O)c1ccc(=O)n(CC(=O)NCc2ccccc2Cl)n1. The topological polar surface area (TPSA) is 84.3 Å². The lowest BCUT2D eigenvalue weighted by Gasteiger charge is -2.22. The Morgan fingerprint density at radius 3 is 2.65 bits per heavy atom. The number of halogens is 1. The maximum absolute atomic E-state index is 13.2. The van der Waals surface area contributed by atoms with E-state index in [2.05, 4.69) is 10.4 Å². The Labute approximate surface area is 184 Å². The predicted octanol–water partition coefficient (Wildman–Crippen LogP) is 2.80. The van der Waals surface area contributed by atoms with Crippen molar-refractivity contribution in [2.45, 2.75) is 32.5 Å². The molecule has 0 spiro atoms. The molecule has 0 fully saturated rings. The second kappa shape index (κ2) is 8.73. The second-order valence-electron chi connectivity index (χ2n) is 7.44. The van der Waals surface area contributed by atoms with E-state index in [-0.39, 0.29) is 30.7 Å². The predicted molar refractivity (Wildman–Crippen MR) is 118 cm³/mol. The van der Waals surface area contributed by atoms with Gasteiger partial charge in [-0.15, -0.1) is 0 Å². The van der Waals surface area contributed by atoms with Crippen LogP contribution in [0.4, 0.5) is 5.69 Å². The first kappa shape index (κ1) is 20.8. The van der Waals surface area contributed by atoms with Crippen LogP contribution in [-0.4, -0.2) is 27.6 Å². The van der Waals surface area contributed by atoms with Gasteiger partial charge in [0.15, 0.2) is 0 Å². The molecule has 0 saturated carbocycles. The maximum Gasteiger partial charge on any atom is 0.278 e. The van der Waals surface area contributed by atoms with Crippen LogP contribution in [-0.2, 0) is 24.3 Å². The molecule has 3 aromatic rings. The summed E-state index contributed by atoms with van der Waals surface area (Å²) < 4.78 is 1.00. The first-order valence-corrected chi connectivity index (χ1v) is 10.3. The molecule has 158 valence electrons. The van der Waals surface area contributed by atoms with Crippen LogP contribution in [0.1, 0.15) is 28.5 Å². The van der Waals surface area contributed by atoms with E-state index in [1.165, 1.54) is 12.1 Å². The summed E-state index contributed by atoms with van der Waals surface area (Å²) in [5.74, 6) is -0.707. The van der Waals surface area contributed by atoms with Gasteiger partial charge in [-0.2, -0.15) is 5.10 Å². The number of hydrogen-bond donors (Lipinski definition) is 1. The van der Waals surface area contributed by atoms with Crippen molar-refractivity contribution in [3.8, 4) is 0 Å². The summed E-state index contributed by atoms with van der Waals surface area (Å²) in [6.07, 6.45) is 0.756. The van der Waals surface area contributed by atoms with Crippen LogP contribution in [0.5, 0.6) is 0 Å². The first-order valence-electron chi connectivity index (χ1n) is 9.94. The average Bonchev–Trinajstić information content (AvgIpc) is 3.10. The summed E-state index contributed by atoms with van der Waals surface area (Å²) in [5, 5.41) is 7.43. The lowest BCUT2D eigenvalue weighted by Crippen LogP contribution is -2.39. The van der Waals surface area contributed by atoms with Gasteiger partial charge in [-0.25, -0.2) is 4.68 Å². The lowest BCUT2D eigenvalue weighted by atomic mass is 10.1. The third-order valence-electron chi connectivity index (χ3n) is 5.24. The van der Waals surface area contributed by atoms with Crippen LogP contribution in [0.25, 0.3) is 0 Å². The smallest absolute Gasteiger partial charge is 0.278 e. The summed E-state index contributed by atoms with van der Waals surface area (Å²) in [5.41, 5.74) is 2.36. The third kappa shape index (κ3) is 4.36. The highest BCUT2D eigenvalue weighted by Gasteiger charge is 2.32. The normalized spacial score (nSPS) is 14.9. The largest absolute Gasteiger partial charge is 0.350 e. The number of nitrogens with zero attached hydrogens (tertiary/aromatic N) is 3. The van der Waals surface area contributed by atoms with E-state index in [1.54, 1.807) is 23.1 Å². The van der Waals surface area contributed by atoms with Crippen molar-refractivity contribution < 1.29 is 9.59 Å². The Bertz CT molecular complexity index is 1210. The Hall–Kier alpha value is -3.45. The van der Waals surface area contributed by atoms with Crippen molar-refractivity contribution in [3.05, 3.63) is 92.9 Å². The monoisotopic (exact) mass is 436 g/mol. The quantitative estimate of drug-likeness (QED) is 0.666. The van der Waals surface area contributed by atoms with E-state index in [4.69, 9.17) is 11.6 Å². The summed E-state index contributed by atoms with van der Waals surface area (Å²) in [6.45, 7) is 1.90. The van der Waals surface area contributed by atoms with E-state index in [0.717, 1.165) is 27.9 Å². The molecule has 31 heavy (non-hydrogen) atoms. The molecule has 0 aliphatic carbocycles. The zero-order chi connectivity index (χ0) is 22.0. The Balaban J connectivity index is 1.50. The number of aromatic nitrogens is 2. The second-order valence-corrected chi connectivity index (χ2v) is 7.85. The molecular weight excluding hydrogens is 416 g/mol. The fraction of sp³-hybridized carbons (Fsp3) is 0.217. The lowest BCUT2D eigenvalue weighted by molar-refractivity contribution is -0.122. The highest BCUT2D eigenvalue weighted by atomic mass is 35.5. The van der Waals surface area contributed by atoms with Crippen molar-refractivity contribution in [1.82, 2.24) is 15.1 Å². The van der Waals surface area contributed by atoms with Crippen molar-refractivity contribution >= 4 is 29.1 Å². The van der Waals surface area contributed by atoms with Gasteiger partial charge in [0, 0.05) is 29.4 Å². The van der Waals surface area contributed by atoms with Crippen molar-refractivity contribution in [1.29, 1.82) is 0 Å². The van der Waals surface area contributed by atoms with Crippen LogP contribution in [0, 0.1) is 0 Å². The zero-order valence-electron chi connectivity index (χ0n) is 16.9. The van der Waals surface area contributed by atoms with Crippen LogP contribution < -0.4 is 15.8 Å². The summed E-state index contributed by atoms with van der Waals surface area (Å²) in [6, 6.07) is 17.5. The number of nitrogens with one attached hydrogen (secondary N) is 1. The highest BCUT2D eigenvalue weighted by Crippen LogP contribution is 2.32. The number of amides is 2. The molecule has 1 N–H and O–H groups in total. The molecule has 1 atom stereocenters. The van der Waals surface area contributed by atoms with Gasteiger partial charge in [0.05, 0.1) is 0 Å². The molecule has 2 heterocycles. The standard InChI is InChI=1S/C23H21ClN4O3/c1-15-12-16-6-3-5-9-20(16)28(15)23(31)19-10-11-22(30)27(26-19)14-21(29)25-13-17-7-2-4-8-18(17)24/h2-11,15H,12-14H2,1H3,(H,25,29)/t15-/m0/s1. The number of hydrogen-bond acceptors (Lipinski definition) is 4. The van der Waals surface area contributed by atoms with Gasteiger partial charge < -0.3 is 10.2 Å². The summed E-state index contributed by atoms with van der Waals surface area (Å²) >= 11 is 6.10. The Kier molecular flexibility index (Phi) is 5.86. The van der Waals surface area contributed by atoms with E-state index in [9.17, 15) is 14.4 Å². The molecule has 2 aromatic carbocycles. The van der Waals surface area contributed by atoms with Gasteiger partial charge in [-0.3, -0.25) is 14.4 Å². The van der Waals surface area contributed by atoms with Crippen LogP contribution in [0.3, 0.4) is 0 Å². The number of para-hydroxylation sites is 1. The molecule has 8 heteroatoms. The molecule has 7 nitrogen and oxygen atoms in total. The fourth-order valence-electron chi connectivity index (χ4n) is 3.70. The van der Waals surface area contributed by atoms with Crippen LogP contribution >= 0.6 is 11.6 Å². The van der Waals surface area contributed by atoms with Crippen LogP contribution in [0.15, 0.2) is 65.5 Å². The molecule has 1 aromatic heterocycles. The maximum atomic E-state index is 13.2. The fourth-order valence-corrected chi connectivity index (χ4v) is 3.90. The minimum atomic E-state index is -0.459. The molecule has 4 rings (SSSR count). The molecule has 1 aliphatic heterocycles. The minimum absolute atomic E-state index is 0.0222. The van der Waals surface area contributed by atoms with Crippen molar-refractivity contribution in [3.63, 3.8) is 0 Å². The highest BCUT2D eigenvalue weighted by molar-refractivity contribution is 6.31. The Morgan fingerprint density at radius 2 is 1.84 bits per heavy atom. The molecule has 0 radical (unpaired) electrons. The van der Waals surface area contributed by atoms with Gasteiger partial charge in [0.2, 0.25) is 5.91 Å². The van der Waals surface area contributed by atoms with E-state index < -0.39 is 11.5 Å². The first-order chi connectivity index (χ1) is 14.9. The molecule has 1 aliphatic rings. The molecule has 0 bridgehead atoms. The van der Waals surface area contributed by atoms with E-state index >= 15 is 0 Å². The number of anilines is 1. The number of rotatable bonds is 5. The van der Waals surface area contributed by atoms with Gasteiger partial charge in [0.1, 0.15) is 12.2 Å². The number of carbonyl (C=O) groups excluding carboxylic acids is 2. The third-order valence-corrected chi connectivity index (χ3v) is 5.61. The summed E-state index contributed by atoms with van der Waals surface area (Å²) in [4.78, 5) is 39.4. The molecular formula is C23H21ClN4O3. The molecule has 0 unspecified atom stereocenters. The van der Waals surface area contributed by atoms with Gasteiger partial charge >= 0.3 is 0 Å². The minimum Gasteiger partial charge on any atom is -0.350 e. The number of fused-ring (bicyclic) bond motifs is 1. The van der Waals surface area contributed by atoms with Gasteiger partial charge in [-0.05, 0) is 42.7 Å². The molecule has 2 amide bonds. The number of benzene rings is 2. The van der Waals surface area contributed by atoms with Crippen LogP contribution in [0.2, 0.25) is 5.02 Å². The molecule has 0 saturated heterocycles. The van der Waals surface area contributed by atoms with Crippen molar-refractivity contribution in [2.24, 2.45) is 0 Å². The average molecular weight is 437 g/mol. The van der Waals surface area contributed by atoms with Gasteiger partial charge in [-0.1, -0.05) is 48.0 Å². The summed E-state index contributed by atoms with van der Waals surface area (Å²) in [7, 11) is 0. The van der Waals surface area contributed by atoms with E-state index in [0.29, 0.717) is 5.02 Å². The number of carbonyl (C=O) groups is 2. The Morgan fingerprint density at radius 1 is 1.10 bits per heavy atom. The zero-order valence-corrected chi connectivity index (χ0v) is 17.7. The van der Waals surface area contributed by atoms with Crippen molar-refractivity contribution in [2.75, 3.05) is 4.90 Å². The van der Waals surface area contributed by atoms with Gasteiger partial charge in [0.25, 0.3) is 11.5 Å². The van der Waals surface area contributed by atoms with E-state index in [1.807, 2.05) is 37.3 Å².